The van der Waals surface area contributed by atoms with Crippen LogP contribution in [-0.4, -0.2) is 61.3 Å². The van der Waals surface area contributed by atoms with E-state index in [0.717, 1.165) is 5.56 Å². The Morgan fingerprint density at radius 2 is 1.71 bits per heavy atom. The minimum Gasteiger partial charge on any atom is -0.444 e. The number of aromatic nitrogens is 3. The fourth-order valence-electron chi connectivity index (χ4n) is 5.65. The van der Waals surface area contributed by atoms with Gasteiger partial charge < -0.3 is 14.8 Å². The highest BCUT2D eigenvalue weighted by Crippen LogP contribution is 2.42. The first-order chi connectivity index (χ1) is 19.2. The van der Waals surface area contributed by atoms with Crippen LogP contribution in [0.2, 0.25) is 0 Å². The highest BCUT2D eigenvalue weighted by Gasteiger charge is 2.49. The number of hydrogen-bond donors (Lipinski definition) is 1. The number of carbonyl (C=O) groups is 3. The maximum Gasteiger partial charge on any atom is 0.417 e. The van der Waals surface area contributed by atoms with Crippen LogP contribution in [0.25, 0.3) is 5.65 Å². The number of halogens is 2. The number of alkyl carbamates (subject to hydrolysis) is 1. The number of imide groups is 1. The number of rotatable bonds is 5. The van der Waals surface area contributed by atoms with E-state index in [0.29, 0.717) is 17.8 Å². The Morgan fingerprint density at radius 1 is 1.10 bits per heavy atom. The van der Waals surface area contributed by atoms with E-state index >= 15 is 0 Å². The first-order valence-electron chi connectivity index (χ1n) is 14.5. The molecule has 0 spiro atoms. The van der Waals surface area contributed by atoms with Crippen molar-refractivity contribution in [2.24, 2.45) is 17.3 Å². The molecule has 2 atom stereocenters. The third-order valence-electron chi connectivity index (χ3n) is 7.75. The summed E-state index contributed by atoms with van der Waals surface area (Å²) in [6.07, 6.45) is 2.31. The fraction of sp³-hybridized carbons (Fsp3) is 0.700. The first-order valence-corrected chi connectivity index (χ1v) is 14.5. The maximum absolute atomic E-state index is 13.9. The van der Waals surface area contributed by atoms with Crippen LogP contribution in [0.3, 0.4) is 0 Å². The van der Waals surface area contributed by atoms with Crippen LogP contribution in [0, 0.1) is 17.3 Å². The Morgan fingerprint density at radius 3 is 2.31 bits per heavy atom. The largest absolute Gasteiger partial charge is 0.444 e. The summed E-state index contributed by atoms with van der Waals surface area (Å²) in [6.45, 7) is 14.7. The molecule has 1 aliphatic carbocycles. The highest BCUT2D eigenvalue weighted by atomic mass is 19.3. The van der Waals surface area contributed by atoms with Crippen LogP contribution in [0.5, 0.6) is 0 Å². The van der Waals surface area contributed by atoms with Crippen LogP contribution < -0.4 is 5.32 Å². The molecular weight excluding hydrogens is 548 g/mol. The zero-order chi connectivity index (χ0) is 31.3. The molecule has 1 saturated carbocycles. The monoisotopic (exact) mass is 591 g/mol. The van der Waals surface area contributed by atoms with Crippen molar-refractivity contribution in [2.75, 3.05) is 6.54 Å². The van der Waals surface area contributed by atoms with Gasteiger partial charge in [0.05, 0.1) is 24.1 Å². The summed E-state index contributed by atoms with van der Waals surface area (Å²) in [5.41, 5.74) is -0.200. The van der Waals surface area contributed by atoms with Gasteiger partial charge in [0.15, 0.2) is 5.65 Å². The number of hydrogen-bond acceptors (Lipinski definition) is 7. The molecule has 42 heavy (non-hydrogen) atoms. The summed E-state index contributed by atoms with van der Waals surface area (Å²) in [6, 6.07) is 1.18. The Kier molecular flexibility index (Phi) is 8.34. The number of carbonyl (C=O) groups excluding carboxylic acids is 3. The van der Waals surface area contributed by atoms with Gasteiger partial charge in [0.1, 0.15) is 11.2 Å². The van der Waals surface area contributed by atoms with Crippen molar-refractivity contribution in [3.05, 3.63) is 29.7 Å². The minimum absolute atomic E-state index is 0.229. The van der Waals surface area contributed by atoms with Gasteiger partial charge in [-0.1, -0.05) is 13.8 Å². The Balaban J connectivity index is 1.56. The fourth-order valence-corrected chi connectivity index (χ4v) is 5.65. The molecule has 0 bridgehead atoms. The smallest absolute Gasteiger partial charge is 0.417 e. The Hall–Kier alpha value is -3.31. The van der Waals surface area contributed by atoms with Crippen molar-refractivity contribution in [3.8, 4) is 0 Å². The van der Waals surface area contributed by atoms with E-state index in [2.05, 4.69) is 10.4 Å². The van der Waals surface area contributed by atoms with Gasteiger partial charge in [-0.05, 0) is 83.8 Å². The Bertz CT molecular complexity index is 1330. The molecule has 0 aromatic carbocycles. The second-order valence-electron chi connectivity index (χ2n) is 14.3. The number of nitrogens with one attached hydrogen (secondary N) is 1. The molecule has 4 rings (SSSR count). The van der Waals surface area contributed by atoms with E-state index in [1.54, 1.807) is 58.5 Å². The van der Waals surface area contributed by atoms with Crippen LogP contribution in [0.15, 0.2) is 18.5 Å². The molecule has 1 N–H and O–H groups in total. The predicted octanol–water partition coefficient (Wildman–Crippen LogP) is 6.08. The van der Waals surface area contributed by atoms with Crippen molar-refractivity contribution >= 4 is 23.7 Å². The SMILES string of the molecule is CC(C)(C)OC(=O)N[C@H](c1cn2ncc(CC3C(=O)N(C(=O)OC(C)(C)C)CC3(C)C)cc2n1)C1CCC(F)(F)CC1. The molecule has 3 heterocycles. The lowest BCUT2D eigenvalue weighted by Crippen LogP contribution is -2.40. The zero-order valence-corrected chi connectivity index (χ0v) is 25.8. The third-order valence-corrected chi connectivity index (χ3v) is 7.75. The van der Waals surface area contributed by atoms with Crippen molar-refractivity contribution < 1.29 is 32.6 Å². The summed E-state index contributed by atoms with van der Waals surface area (Å²) in [7, 11) is 0. The summed E-state index contributed by atoms with van der Waals surface area (Å²) >= 11 is 0. The summed E-state index contributed by atoms with van der Waals surface area (Å²) in [5, 5.41) is 7.35. The first kappa shape index (κ1) is 31.6. The average molecular weight is 592 g/mol. The molecule has 12 heteroatoms. The van der Waals surface area contributed by atoms with Crippen LogP contribution >= 0.6 is 0 Å². The molecule has 2 aromatic heterocycles. The highest BCUT2D eigenvalue weighted by molar-refractivity contribution is 5.96. The van der Waals surface area contributed by atoms with Gasteiger partial charge in [-0.15, -0.1) is 0 Å². The predicted molar refractivity (Wildman–Crippen MR) is 151 cm³/mol. The average Bonchev–Trinajstić information content (AvgIpc) is 3.34. The van der Waals surface area contributed by atoms with Gasteiger partial charge in [0.25, 0.3) is 0 Å². The molecule has 1 saturated heterocycles. The quantitative estimate of drug-likeness (QED) is 0.448. The Labute approximate surface area is 245 Å². The van der Waals surface area contributed by atoms with E-state index in [9.17, 15) is 23.2 Å². The number of ether oxygens (including phenoxy) is 2. The summed E-state index contributed by atoms with van der Waals surface area (Å²) in [4.78, 5) is 44.6. The molecule has 0 radical (unpaired) electrons. The molecule has 2 aliphatic rings. The van der Waals surface area contributed by atoms with E-state index in [1.165, 1.54) is 4.90 Å². The van der Waals surface area contributed by atoms with Gasteiger partial charge in [-0.3, -0.25) is 4.79 Å². The van der Waals surface area contributed by atoms with Crippen molar-refractivity contribution in [1.29, 1.82) is 0 Å². The van der Waals surface area contributed by atoms with Gasteiger partial charge in [-0.25, -0.2) is 32.8 Å². The standard InChI is InChI=1S/C30H43F2N5O5/c1-27(2,3)41-25(39)35-23(19-9-11-30(31,32)12-10-19)21-16-37-22(34-21)14-18(15-33-37)13-20-24(38)36(17-29(20,7)8)26(40)42-28(4,5)6/h14-16,19-20,23H,9-13,17H2,1-8H3,(H,35,39)/t20?,23-/m0/s1. The molecule has 2 aromatic rings. The van der Waals surface area contributed by atoms with Crippen LogP contribution in [-0.2, 0) is 20.7 Å². The molecule has 10 nitrogen and oxygen atoms in total. The molecule has 1 aliphatic heterocycles. The second-order valence-corrected chi connectivity index (χ2v) is 14.3. The molecule has 2 fully saturated rings. The zero-order valence-electron chi connectivity index (χ0n) is 25.8. The molecular formula is C30H43F2N5O5. The normalized spacial score (nSPS) is 21.8. The van der Waals surface area contributed by atoms with Crippen molar-refractivity contribution in [2.45, 2.75) is 111 Å². The number of nitrogens with zero attached hydrogens (tertiary/aromatic N) is 4. The van der Waals surface area contributed by atoms with E-state index in [1.807, 2.05) is 19.9 Å². The number of alkyl halides is 2. The van der Waals surface area contributed by atoms with Gasteiger partial charge >= 0.3 is 12.2 Å². The third kappa shape index (κ3) is 7.55. The number of likely N-dealkylation sites (tertiary alicyclic amines) is 1. The topological polar surface area (TPSA) is 115 Å². The molecule has 232 valence electrons. The van der Waals surface area contributed by atoms with E-state index < -0.39 is 46.7 Å². The molecule has 3 amide bonds. The summed E-state index contributed by atoms with van der Waals surface area (Å²) in [5.74, 6) is -3.74. The lowest BCUT2D eigenvalue weighted by molar-refractivity contribution is -0.130. The van der Waals surface area contributed by atoms with E-state index in [-0.39, 0.29) is 44.1 Å². The minimum atomic E-state index is -2.72. The van der Waals surface area contributed by atoms with Crippen molar-refractivity contribution in [3.63, 3.8) is 0 Å². The summed E-state index contributed by atoms with van der Waals surface area (Å²) < 4.78 is 40.3. The van der Waals surface area contributed by atoms with Crippen LogP contribution in [0.1, 0.15) is 98.4 Å². The van der Waals surface area contributed by atoms with Gasteiger partial charge in [-0.2, -0.15) is 5.10 Å². The second kappa shape index (κ2) is 11.1. The van der Waals surface area contributed by atoms with Gasteiger partial charge in [0, 0.05) is 25.3 Å². The number of imidazole rings is 1. The van der Waals surface area contributed by atoms with Crippen LogP contribution in [0.4, 0.5) is 18.4 Å². The lowest BCUT2D eigenvalue weighted by Gasteiger charge is -2.33. The number of fused-ring (bicyclic) bond motifs is 1. The molecule has 1 unspecified atom stereocenters. The van der Waals surface area contributed by atoms with Gasteiger partial charge in [0.2, 0.25) is 11.8 Å². The maximum atomic E-state index is 13.9. The van der Waals surface area contributed by atoms with Crippen molar-refractivity contribution in [1.82, 2.24) is 24.8 Å². The lowest BCUT2D eigenvalue weighted by atomic mass is 9.78. The van der Waals surface area contributed by atoms with E-state index in [4.69, 9.17) is 14.5 Å². The number of amides is 3.